The Morgan fingerprint density at radius 3 is 2.56 bits per heavy atom. The van der Waals surface area contributed by atoms with Gasteiger partial charge in [-0.15, -0.1) is 0 Å². The first-order valence-electron chi connectivity index (χ1n) is 4.81. The average molecular weight is 257 g/mol. The molecule has 0 fully saturated rings. The minimum Gasteiger partial charge on any atom is -0.221 e. The standard InChI is InChI=1S/C10H10Cl2N4/c1-6(2)10-14-8(12)3-9(15-10)16-5-7(11)4-13-16/h3-6H,1-2H3. The normalized spacial score (nSPS) is 11.1. The molecule has 2 aromatic heterocycles. The molecule has 2 heterocycles. The van der Waals surface area contributed by atoms with Crippen LogP contribution in [0.2, 0.25) is 10.2 Å². The Labute approximate surface area is 103 Å². The third-order valence-corrected chi connectivity index (χ3v) is 2.39. The van der Waals surface area contributed by atoms with Crippen LogP contribution in [0.25, 0.3) is 5.82 Å². The van der Waals surface area contributed by atoms with Crippen LogP contribution in [0.15, 0.2) is 18.5 Å². The third kappa shape index (κ3) is 2.33. The van der Waals surface area contributed by atoms with E-state index in [0.717, 1.165) is 0 Å². The minimum absolute atomic E-state index is 0.212. The molecular weight excluding hydrogens is 247 g/mol. The molecule has 2 rings (SSSR count). The Hall–Kier alpha value is -1.13. The lowest BCUT2D eigenvalue weighted by Crippen LogP contribution is -2.04. The summed E-state index contributed by atoms with van der Waals surface area (Å²) in [4.78, 5) is 8.51. The minimum atomic E-state index is 0.212. The maximum atomic E-state index is 5.93. The number of rotatable bonds is 2. The SMILES string of the molecule is CC(C)c1nc(Cl)cc(-n2cc(Cl)cn2)n1. The smallest absolute Gasteiger partial charge is 0.158 e. The van der Waals surface area contributed by atoms with Gasteiger partial charge < -0.3 is 0 Å². The molecule has 0 aliphatic heterocycles. The summed E-state index contributed by atoms with van der Waals surface area (Å²) in [7, 11) is 0. The highest BCUT2D eigenvalue weighted by Gasteiger charge is 2.09. The highest BCUT2D eigenvalue weighted by Crippen LogP contribution is 2.17. The molecule has 0 atom stereocenters. The fourth-order valence-corrected chi connectivity index (χ4v) is 1.54. The first-order valence-corrected chi connectivity index (χ1v) is 5.57. The lowest BCUT2D eigenvalue weighted by atomic mass is 10.2. The zero-order valence-corrected chi connectivity index (χ0v) is 10.4. The highest BCUT2D eigenvalue weighted by atomic mass is 35.5. The van der Waals surface area contributed by atoms with Gasteiger partial charge in [-0.2, -0.15) is 5.10 Å². The summed E-state index contributed by atoms with van der Waals surface area (Å²) in [5.41, 5.74) is 0. The molecule has 0 spiro atoms. The van der Waals surface area contributed by atoms with Gasteiger partial charge in [0.15, 0.2) is 5.82 Å². The van der Waals surface area contributed by atoms with E-state index in [9.17, 15) is 0 Å². The maximum Gasteiger partial charge on any atom is 0.158 e. The molecule has 0 amide bonds. The zero-order chi connectivity index (χ0) is 11.7. The van der Waals surface area contributed by atoms with Crippen LogP contribution >= 0.6 is 23.2 Å². The van der Waals surface area contributed by atoms with E-state index in [2.05, 4.69) is 15.1 Å². The van der Waals surface area contributed by atoms with Crippen LogP contribution < -0.4 is 0 Å². The topological polar surface area (TPSA) is 43.6 Å². The van der Waals surface area contributed by atoms with E-state index in [1.807, 2.05) is 13.8 Å². The van der Waals surface area contributed by atoms with E-state index in [1.165, 1.54) is 0 Å². The Balaban J connectivity index is 2.49. The van der Waals surface area contributed by atoms with E-state index < -0.39 is 0 Å². The van der Waals surface area contributed by atoms with Gasteiger partial charge in [-0.3, -0.25) is 0 Å². The molecule has 4 nitrogen and oxygen atoms in total. The summed E-state index contributed by atoms with van der Waals surface area (Å²) in [6, 6.07) is 1.65. The number of hydrogen-bond donors (Lipinski definition) is 0. The van der Waals surface area contributed by atoms with Crippen molar-refractivity contribution < 1.29 is 0 Å². The van der Waals surface area contributed by atoms with Crippen molar-refractivity contribution in [3.05, 3.63) is 34.5 Å². The lowest BCUT2D eigenvalue weighted by Gasteiger charge is -2.06. The van der Waals surface area contributed by atoms with Crippen LogP contribution in [0.3, 0.4) is 0 Å². The van der Waals surface area contributed by atoms with Crippen LogP contribution in [0.5, 0.6) is 0 Å². The quantitative estimate of drug-likeness (QED) is 0.776. The summed E-state index contributed by atoms with van der Waals surface area (Å²) in [6.45, 7) is 4.01. The van der Waals surface area contributed by atoms with Gasteiger partial charge >= 0.3 is 0 Å². The van der Waals surface area contributed by atoms with Crippen molar-refractivity contribution in [2.75, 3.05) is 0 Å². The van der Waals surface area contributed by atoms with E-state index in [4.69, 9.17) is 23.2 Å². The van der Waals surface area contributed by atoms with Crippen molar-refractivity contribution in [3.8, 4) is 5.82 Å². The first kappa shape index (κ1) is 11.4. The fraction of sp³-hybridized carbons (Fsp3) is 0.300. The number of halogens is 2. The summed E-state index contributed by atoms with van der Waals surface area (Å²) < 4.78 is 1.57. The second kappa shape index (κ2) is 4.39. The van der Waals surface area contributed by atoms with Crippen LogP contribution in [-0.4, -0.2) is 19.7 Å². The second-order valence-corrected chi connectivity index (χ2v) is 4.49. The molecule has 84 valence electrons. The van der Waals surface area contributed by atoms with Gasteiger partial charge in [-0.05, 0) is 0 Å². The summed E-state index contributed by atoms with van der Waals surface area (Å²) in [6.07, 6.45) is 3.22. The maximum absolute atomic E-state index is 5.93. The van der Waals surface area contributed by atoms with Gasteiger partial charge in [0, 0.05) is 12.0 Å². The average Bonchev–Trinajstić information content (AvgIpc) is 2.64. The largest absolute Gasteiger partial charge is 0.221 e. The molecule has 0 aromatic carbocycles. The molecule has 0 aliphatic rings. The van der Waals surface area contributed by atoms with Crippen molar-refractivity contribution in [2.45, 2.75) is 19.8 Å². The van der Waals surface area contributed by atoms with Crippen molar-refractivity contribution in [1.82, 2.24) is 19.7 Å². The number of hydrogen-bond acceptors (Lipinski definition) is 3. The summed E-state index contributed by atoms with van der Waals surface area (Å²) in [5, 5.41) is 5.02. The van der Waals surface area contributed by atoms with Gasteiger partial charge in [-0.1, -0.05) is 37.0 Å². The van der Waals surface area contributed by atoms with Crippen molar-refractivity contribution in [2.24, 2.45) is 0 Å². The van der Waals surface area contributed by atoms with Gasteiger partial charge in [0.25, 0.3) is 0 Å². The predicted molar refractivity (Wildman–Crippen MR) is 63.3 cm³/mol. The van der Waals surface area contributed by atoms with Crippen molar-refractivity contribution >= 4 is 23.2 Å². The Morgan fingerprint density at radius 2 is 2.00 bits per heavy atom. The Bertz CT molecular complexity index is 507. The molecule has 2 aromatic rings. The third-order valence-electron chi connectivity index (χ3n) is 2.00. The molecular formula is C10H10Cl2N4. The van der Waals surface area contributed by atoms with E-state index in [1.54, 1.807) is 23.1 Å². The Morgan fingerprint density at radius 1 is 1.25 bits per heavy atom. The predicted octanol–water partition coefficient (Wildman–Crippen LogP) is 3.09. The van der Waals surface area contributed by atoms with Crippen LogP contribution in [-0.2, 0) is 0 Å². The van der Waals surface area contributed by atoms with Crippen LogP contribution in [0.4, 0.5) is 0 Å². The van der Waals surface area contributed by atoms with E-state index >= 15 is 0 Å². The van der Waals surface area contributed by atoms with Gasteiger partial charge in [0.2, 0.25) is 0 Å². The number of nitrogens with zero attached hydrogens (tertiary/aromatic N) is 4. The zero-order valence-electron chi connectivity index (χ0n) is 8.85. The van der Waals surface area contributed by atoms with Crippen molar-refractivity contribution in [1.29, 1.82) is 0 Å². The number of aromatic nitrogens is 4. The monoisotopic (exact) mass is 256 g/mol. The van der Waals surface area contributed by atoms with Crippen molar-refractivity contribution in [3.63, 3.8) is 0 Å². The van der Waals surface area contributed by atoms with Gasteiger partial charge in [0.05, 0.1) is 17.4 Å². The summed E-state index contributed by atoms with van der Waals surface area (Å²) in [5.74, 6) is 1.52. The molecule has 6 heteroatoms. The Kier molecular flexibility index (Phi) is 3.12. The van der Waals surface area contributed by atoms with Crippen LogP contribution in [0, 0.1) is 0 Å². The molecule has 0 bridgehead atoms. The second-order valence-electron chi connectivity index (χ2n) is 3.66. The summed E-state index contributed by atoms with van der Waals surface area (Å²) >= 11 is 11.7. The highest BCUT2D eigenvalue weighted by molar-refractivity contribution is 6.30. The van der Waals surface area contributed by atoms with Gasteiger partial charge in [-0.25, -0.2) is 14.6 Å². The molecule has 0 radical (unpaired) electrons. The molecule has 16 heavy (non-hydrogen) atoms. The molecule has 0 saturated carbocycles. The molecule has 0 N–H and O–H groups in total. The fourth-order valence-electron chi connectivity index (χ4n) is 1.22. The first-order chi connectivity index (χ1) is 7.56. The van der Waals surface area contributed by atoms with Crippen LogP contribution in [0.1, 0.15) is 25.6 Å². The lowest BCUT2D eigenvalue weighted by molar-refractivity contribution is 0.745. The molecule has 0 aliphatic carbocycles. The van der Waals surface area contributed by atoms with Gasteiger partial charge in [0.1, 0.15) is 11.0 Å². The van der Waals surface area contributed by atoms with E-state index in [0.29, 0.717) is 21.8 Å². The molecule has 0 saturated heterocycles. The van der Waals surface area contributed by atoms with E-state index in [-0.39, 0.29) is 5.92 Å². The molecule has 0 unspecified atom stereocenters.